The lowest BCUT2D eigenvalue weighted by Crippen LogP contribution is -2.37. The minimum atomic E-state index is 0.247. The van der Waals surface area contributed by atoms with Crippen LogP contribution in [0.25, 0.3) is 0 Å². The van der Waals surface area contributed by atoms with Crippen LogP contribution in [-0.4, -0.2) is 12.6 Å². The van der Waals surface area contributed by atoms with Crippen molar-refractivity contribution in [2.75, 3.05) is 6.54 Å². The van der Waals surface area contributed by atoms with Gasteiger partial charge in [-0.15, -0.1) is 0 Å². The Hall–Kier alpha value is -0.550. The van der Waals surface area contributed by atoms with E-state index in [4.69, 9.17) is 0 Å². The molecule has 0 aromatic carbocycles. The molecule has 0 radical (unpaired) electrons. The summed E-state index contributed by atoms with van der Waals surface area (Å²) in [5, 5.41) is 12.8. The maximum absolute atomic E-state index is 9.18. The van der Waals surface area contributed by atoms with Gasteiger partial charge in [-0.25, -0.2) is 0 Å². The van der Waals surface area contributed by atoms with E-state index in [-0.39, 0.29) is 5.92 Å². The highest BCUT2D eigenvalue weighted by atomic mass is 14.9. The second-order valence-corrected chi connectivity index (χ2v) is 5.07. The number of hydrogen-bond donors (Lipinski definition) is 1. The smallest absolute Gasteiger partial charge is 0.0672 e. The van der Waals surface area contributed by atoms with Crippen LogP contribution in [-0.2, 0) is 0 Å². The summed E-state index contributed by atoms with van der Waals surface area (Å²) >= 11 is 0. The van der Waals surface area contributed by atoms with Gasteiger partial charge in [0.2, 0.25) is 0 Å². The molecule has 0 heterocycles. The molecule has 1 aliphatic carbocycles. The maximum Gasteiger partial charge on any atom is 0.0672 e. The summed E-state index contributed by atoms with van der Waals surface area (Å²) in [5.74, 6) is 1.03. The van der Waals surface area contributed by atoms with Crippen molar-refractivity contribution in [1.29, 1.82) is 5.26 Å². The van der Waals surface area contributed by atoms with Crippen molar-refractivity contribution in [1.82, 2.24) is 5.32 Å². The molecule has 0 aliphatic heterocycles. The first-order valence-electron chi connectivity index (χ1n) is 6.94. The third-order valence-corrected chi connectivity index (χ3v) is 4.01. The normalized spacial score (nSPS) is 26.4. The molecule has 1 saturated carbocycles. The molecule has 2 unspecified atom stereocenters. The summed E-state index contributed by atoms with van der Waals surface area (Å²) in [6.45, 7) is 5.60. The van der Waals surface area contributed by atoms with Crippen molar-refractivity contribution in [3.05, 3.63) is 0 Å². The zero-order valence-electron chi connectivity index (χ0n) is 10.8. The second kappa shape index (κ2) is 7.68. The van der Waals surface area contributed by atoms with Gasteiger partial charge >= 0.3 is 0 Å². The van der Waals surface area contributed by atoms with E-state index in [0.717, 1.165) is 18.9 Å². The minimum absolute atomic E-state index is 0.247. The van der Waals surface area contributed by atoms with Crippen LogP contribution in [0, 0.1) is 23.2 Å². The first kappa shape index (κ1) is 13.5. The van der Waals surface area contributed by atoms with Gasteiger partial charge in [0.15, 0.2) is 0 Å². The van der Waals surface area contributed by atoms with Gasteiger partial charge in [-0.3, -0.25) is 0 Å². The third kappa shape index (κ3) is 4.14. The molecule has 0 aromatic rings. The summed E-state index contributed by atoms with van der Waals surface area (Å²) < 4.78 is 0. The van der Waals surface area contributed by atoms with Crippen LogP contribution in [0.1, 0.15) is 58.8 Å². The van der Waals surface area contributed by atoms with Gasteiger partial charge in [0.05, 0.1) is 12.0 Å². The minimum Gasteiger partial charge on any atom is -0.312 e. The maximum atomic E-state index is 9.18. The SMILES string of the molecule is CCC(CC)CNC1CCCCCC1C#N. The number of nitriles is 1. The highest BCUT2D eigenvalue weighted by Crippen LogP contribution is 2.23. The lowest BCUT2D eigenvalue weighted by atomic mass is 9.95. The van der Waals surface area contributed by atoms with Gasteiger partial charge in [0.25, 0.3) is 0 Å². The van der Waals surface area contributed by atoms with Crippen molar-refractivity contribution in [2.45, 2.75) is 64.8 Å². The van der Waals surface area contributed by atoms with Crippen LogP contribution in [0.4, 0.5) is 0 Å². The molecular formula is C14H26N2. The Labute approximate surface area is 100 Å². The van der Waals surface area contributed by atoms with Crippen molar-refractivity contribution in [3.8, 4) is 6.07 Å². The van der Waals surface area contributed by atoms with Crippen LogP contribution < -0.4 is 5.32 Å². The van der Waals surface area contributed by atoms with E-state index in [0.29, 0.717) is 6.04 Å². The van der Waals surface area contributed by atoms with Crippen LogP contribution in [0.5, 0.6) is 0 Å². The van der Waals surface area contributed by atoms with Gasteiger partial charge in [0, 0.05) is 6.04 Å². The monoisotopic (exact) mass is 222 g/mol. The fourth-order valence-electron chi connectivity index (χ4n) is 2.60. The molecule has 2 nitrogen and oxygen atoms in total. The van der Waals surface area contributed by atoms with E-state index in [1.807, 2.05) is 0 Å². The largest absolute Gasteiger partial charge is 0.312 e. The molecule has 0 amide bonds. The Morgan fingerprint density at radius 2 is 1.88 bits per heavy atom. The molecule has 0 aromatic heterocycles. The van der Waals surface area contributed by atoms with Crippen molar-refractivity contribution in [3.63, 3.8) is 0 Å². The third-order valence-electron chi connectivity index (χ3n) is 4.01. The zero-order chi connectivity index (χ0) is 11.8. The zero-order valence-corrected chi connectivity index (χ0v) is 10.8. The molecule has 1 N–H and O–H groups in total. The molecule has 16 heavy (non-hydrogen) atoms. The van der Waals surface area contributed by atoms with E-state index < -0.39 is 0 Å². The number of nitrogens with zero attached hydrogens (tertiary/aromatic N) is 1. The highest BCUT2D eigenvalue weighted by Gasteiger charge is 2.23. The van der Waals surface area contributed by atoms with E-state index >= 15 is 0 Å². The number of hydrogen-bond acceptors (Lipinski definition) is 2. The molecule has 0 saturated heterocycles. The van der Waals surface area contributed by atoms with Crippen molar-refractivity contribution < 1.29 is 0 Å². The van der Waals surface area contributed by atoms with Crippen LogP contribution in [0.15, 0.2) is 0 Å². The van der Waals surface area contributed by atoms with Gasteiger partial charge in [0.1, 0.15) is 0 Å². The van der Waals surface area contributed by atoms with Gasteiger partial charge in [-0.1, -0.05) is 46.0 Å². The molecule has 92 valence electrons. The predicted octanol–water partition coefficient (Wildman–Crippen LogP) is 3.48. The Morgan fingerprint density at radius 3 is 2.50 bits per heavy atom. The summed E-state index contributed by atoms with van der Waals surface area (Å²) in [6.07, 6.45) is 8.61. The second-order valence-electron chi connectivity index (χ2n) is 5.07. The van der Waals surface area contributed by atoms with E-state index in [1.54, 1.807) is 0 Å². The molecule has 0 spiro atoms. The van der Waals surface area contributed by atoms with E-state index in [9.17, 15) is 5.26 Å². The van der Waals surface area contributed by atoms with Gasteiger partial charge in [-0.05, 0) is 25.3 Å². The van der Waals surface area contributed by atoms with E-state index in [2.05, 4.69) is 25.2 Å². The molecule has 1 rings (SSSR count). The van der Waals surface area contributed by atoms with Gasteiger partial charge in [-0.2, -0.15) is 5.26 Å². The highest BCUT2D eigenvalue weighted by molar-refractivity contribution is 4.93. The number of rotatable bonds is 5. The Balaban J connectivity index is 2.40. The van der Waals surface area contributed by atoms with Crippen LogP contribution in [0.2, 0.25) is 0 Å². The van der Waals surface area contributed by atoms with Crippen LogP contribution >= 0.6 is 0 Å². The molecule has 2 atom stereocenters. The summed E-state index contributed by atoms with van der Waals surface area (Å²) in [7, 11) is 0. The van der Waals surface area contributed by atoms with Crippen LogP contribution in [0.3, 0.4) is 0 Å². The Morgan fingerprint density at radius 1 is 1.19 bits per heavy atom. The van der Waals surface area contributed by atoms with Crippen molar-refractivity contribution in [2.24, 2.45) is 11.8 Å². The summed E-state index contributed by atoms with van der Waals surface area (Å²) in [4.78, 5) is 0. The lowest BCUT2D eigenvalue weighted by Gasteiger charge is -2.23. The standard InChI is InChI=1S/C14H26N2/c1-3-12(4-2)11-16-14-9-7-5-6-8-13(14)10-15/h12-14,16H,3-9,11H2,1-2H3. The average Bonchev–Trinajstić information content (AvgIpc) is 2.55. The molecule has 2 heteroatoms. The molecule has 0 bridgehead atoms. The predicted molar refractivity (Wildman–Crippen MR) is 68.1 cm³/mol. The van der Waals surface area contributed by atoms with E-state index in [1.165, 1.54) is 38.5 Å². The topological polar surface area (TPSA) is 35.8 Å². The lowest BCUT2D eigenvalue weighted by molar-refractivity contribution is 0.349. The molecule has 1 aliphatic rings. The Kier molecular flexibility index (Phi) is 6.49. The number of nitrogens with one attached hydrogen (secondary N) is 1. The summed E-state index contributed by atoms with van der Waals surface area (Å²) in [5.41, 5.74) is 0. The Bertz CT molecular complexity index is 215. The van der Waals surface area contributed by atoms with Crippen molar-refractivity contribution >= 4 is 0 Å². The quantitative estimate of drug-likeness (QED) is 0.723. The molecular weight excluding hydrogens is 196 g/mol. The first-order chi connectivity index (χ1) is 7.81. The first-order valence-corrected chi connectivity index (χ1v) is 6.94. The van der Waals surface area contributed by atoms with Gasteiger partial charge < -0.3 is 5.32 Å². The summed E-state index contributed by atoms with van der Waals surface area (Å²) in [6, 6.07) is 2.94. The molecule has 1 fully saturated rings. The average molecular weight is 222 g/mol. The fourth-order valence-corrected chi connectivity index (χ4v) is 2.60. The fraction of sp³-hybridized carbons (Fsp3) is 0.929.